The fourth-order valence-electron chi connectivity index (χ4n) is 10.2. The van der Waals surface area contributed by atoms with Crippen LogP contribution in [0, 0.1) is 0 Å². The van der Waals surface area contributed by atoms with Gasteiger partial charge in [-0.1, -0.05) is 333 Å². The molecule has 1 atom stereocenters. The number of esters is 3. The molecule has 0 saturated carbocycles. The average Bonchev–Trinajstić information content (AvgIpc) is 3.41. The molecular weight excluding hydrogens is 925 g/mol. The highest BCUT2D eigenvalue weighted by molar-refractivity contribution is 5.71. The molecule has 0 bridgehead atoms. The van der Waals surface area contributed by atoms with Crippen molar-refractivity contribution < 1.29 is 28.6 Å². The summed E-state index contributed by atoms with van der Waals surface area (Å²) < 4.78 is 16.9. The third-order valence-electron chi connectivity index (χ3n) is 15.2. The van der Waals surface area contributed by atoms with E-state index in [0.29, 0.717) is 19.3 Å². The third-order valence-corrected chi connectivity index (χ3v) is 15.2. The molecule has 0 aliphatic carbocycles. The van der Waals surface area contributed by atoms with E-state index in [4.69, 9.17) is 14.2 Å². The van der Waals surface area contributed by atoms with Crippen LogP contribution in [0.25, 0.3) is 0 Å². The van der Waals surface area contributed by atoms with Crippen molar-refractivity contribution in [2.75, 3.05) is 13.2 Å². The quantitative estimate of drug-likeness (QED) is 0.0261. The Kier molecular flexibility index (Phi) is 62.1. The first-order valence-corrected chi connectivity index (χ1v) is 33.5. The lowest BCUT2D eigenvalue weighted by Crippen LogP contribution is -2.30. The third kappa shape index (κ3) is 62.4. The second-order valence-corrected chi connectivity index (χ2v) is 22.7. The SMILES string of the molecule is CC/C=C\C/C=C\C/C=C\CCCCCC(=O)OCC(COC(=O)CCCCCCCCCCCCCCCCCCCCCCCC)OC(=O)CCCCCCCCCCCCCCCCCCCCCCCC. The monoisotopic (exact) mass is 1050 g/mol. The summed E-state index contributed by atoms with van der Waals surface area (Å²) in [5.74, 6) is -0.879. The van der Waals surface area contributed by atoms with Gasteiger partial charge in [-0.05, 0) is 51.4 Å². The van der Waals surface area contributed by atoms with Crippen LogP contribution in [0.5, 0.6) is 0 Å². The minimum Gasteiger partial charge on any atom is -0.462 e. The Morgan fingerprint density at radius 1 is 0.280 bits per heavy atom. The van der Waals surface area contributed by atoms with Gasteiger partial charge in [0.1, 0.15) is 13.2 Å². The number of rotatable bonds is 62. The smallest absolute Gasteiger partial charge is 0.306 e. The van der Waals surface area contributed by atoms with E-state index in [9.17, 15) is 14.4 Å². The maximum atomic E-state index is 12.9. The lowest BCUT2D eigenvalue weighted by Gasteiger charge is -2.18. The molecule has 6 heteroatoms. The topological polar surface area (TPSA) is 78.9 Å². The summed E-state index contributed by atoms with van der Waals surface area (Å²) in [6.45, 7) is 6.58. The summed E-state index contributed by atoms with van der Waals surface area (Å²) in [5, 5.41) is 0. The molecule has 0 N–H and O–H groups in total. The molecule has 0 aromatic heterocycles. The van der Waals surface area contributed by atoms with Crippen LogP contribution in [0.3, 0.4) is 0 Å². The van der Waals surface area contributed by atoms with E-state index in [1.54, 1.807) is 0 Å². The van der Waals surface area contributed by atoms with Gasteiger partial charge in [0.05, 0.1) is 0 Å². The molecule has 440 valence electrons. The number of ether oxygens (including phenoxy) is 3. The zero-order valence-electron chi connectivity index (χ0n) is 50.6. The Morgan fingerprint density at radius 3 is 0.813 bits per heavy atom. The van der Waals surface area contributed by atoms with Crippen molar-refractivity contribution in [3.8, 4) is 0 Å². The predicted molar refractivity (Wildman–Crippen MR) is 326 cm³/mol. The molecule has 0 fully saturated rings. The average molecular weight is 1050 g/mol. The standard InChI is InChI=1S/C69H128O6/c1-4-7-10-13-16-19-22-25-27-29-31-33-35-37-39-41-44-47-50-53-56-59-62-68(71)74-65-66(64-73-67(70)61-58-55-52-49-46-43-24-21-18-15-12-9-6-3)75-69(72)63-60-57-54-51-48-45-42-40-38-36-34-32-30-28-26-23-20-17-14-11-8-5-2/h9,12,18,21,43,46,66H,4-8,10-11,13-17,19-20,22-42,44-45,47-65H2,1-3H3/b12-9-,21-18-,46-43-. The number of unbranched alkanes of at least 4 members (excludes halogenated alkanes) is 45. The molecule has 0 spiro atoms. The van der Waals surface area contributed by atoms with E-state index in [2.05, 4.69) is 57.2 Å². The molecule has 0 aromatic carbocycles. The molecule has 0 heterocycles. The van der Waals surface area contributed by atoms with Crippen molar-refractivity contribution in [3.05, 3.63) is 36.5 Å². The van der Waals surface area contributed by atoms with Crippen molar-refractivity contribution in [1.82, 2.24) is 0 Å². The van der Waals surface area contributed by atoms with Crippen LogP contribution in [-0.4, -0.2) is 37.2 Å². The van der Waals surface area contributed by atoms with Crippen LogP contribution in [0.15, 0.2) is 36.5 Å². The highest BCUT2D eigenvalue weighted by Crippen LogP contribution is 2.18. The molecule has 6 nitrogen and oxygen atoms in total. The normalized spacial score (nSPS) is 12.2. The number of hydrogen-bond acceptors (Lipinski definition) is 6. The number of allylic oxidation sites excluding steroid dienone is 6. The van der Waals surface area contributed by atoms with Crippen LogP contribution in [0.4, 0.5) is 0 Å². The second-order valence-electron chi connectivity index (χ2n) is 22.7. The van der Waals surface area contributed by atoms with Gasteiger partial charge in [0.15, 0.2) is 6.10 Å². The second kappa shape index (κ2) is 64.2. The molecule has 0 aliphatic rings. The highest BCUT2D eigenvalue weighted by Gasteiger charge is 2.19. The van der Waals surface area contributed by atoms with Gasteiger partial charge < -0.3 is 14.2 Å². The van der Waals surface area contributed by atoms with Crippen molar-refractivity contribution in [2.45, 2.75) is 374 Å². The van der Waals surface area contributed by atoms with E-state index in [1.165, 1.54) is 244 Å². The van der Waals surface area contributed by atoms with Gasteiger partial charge in [0.2, 0.25) is 0 Å². The van der Waals surface area contributed by atoms with E-state index < -0.39 is 6.10 Å². The summed E-state index contributed by atoms with van der Waals surface area (Å²) in [5.41, 5.74) is 0. The van der Waals surface area contributed by atoms with Gasteiger partial charge in [0, 0.05) is 19.3 Å². The Hall–Kier alpha value is -2.37. The van der Waals surface area contributed by atoms with Crippen molar-refractivity contribution >= 4 is 17.9 Å². The van der Waals surface area contributed by atoms with Crippen molar-refractivity contribution in [3.63, 3.8) is 0 Å². The van der Waals surface area contributed by atoms with Gasteiger partial charge in [-0.25, -0.2) is 0 Å². The molecule has 0 aliphatic heterocycles. The Labute approximate surface area is 467 Å². The first-order valence-electron chi connectivity index (χ1n) is 33.5. The van der Waals surface area contributed by atoms with Gasteiger partial charge in [-0.3, -0.25) is 14.4 Å². The summed E-state index contributed by atoms with van der Waals surface area (Å²) in [4.78, 5) is 38.3. The lowest BCUT2D eigenvalue weighted by atomic mass is 10.0. The number of carbonyl (C=O) groups excluding carboxylic acids is 3. The number of carbonyl (C=O) groups is 3. The van der Waals surface area contributed by atoms with Gasteiger partial charge in [-0.15, -0.1) is 0 Å². The fraction of sp³-hybridized carbons (Fsp3) is 0.870. The molecule has 0 rings (SSSR count). The lowest BCUT2D eigenvalue weighted by molar-refractivity contribution is -0.167. The maximum absolute atomic E-state index is 12.9. The predicted octanol–water partition coefficient (Wildman–Crippen LogP) is 22.8. The van der Waals surface area contributed by atoms with Gasteiger partial charge >= 0.3 is 17.9 Å². The Morgan fingerprint density at radius 2 is 0.520 bits per heavy atom. The van der Waals surface area contributed by atoms with Crippen molar-refractivity contribution in [2.24, 2.45) is 0 Å². The molecular formula is C69H128O6. The first-order chi connectivity index (χ1) is 37.0. The van der Waals surface area contributed by atoms with Gasteiger partial charge in [0.25, 0.3) is 0 Å². The summed E-state index contributed by atoms with van der Waals surface area (Å²) >= 11 is 0. The Balaban J connectivity index is 4.25. The largest absolute Gasteiger partial charge is 0.462 e. The minimum atomic E-state index is -0.781. The van der Waals surface area contributed by atoms with Crippen LogP contribution >= 0.6 is 0 Å². The Bertz CT molecular complexity index is 1250. The summed E-state index contributed by atoms with van der Waals surface area (Å²) in [6.07, 6.45) is 78.9. The van der Waals surface area contributed by atoms with E-state index in [-0.39, 0.29) is 31.1 Å². The van der Waals surface area contributed by atoms with E-state index in [1.807, 2.05) is 0 Å². The van der Waals surface area contributed by atoms with Crippen molar-refractivity contribution in [1.29, 1.82) is 0 Å². The van der Waals surface area contributed by atoms with Crippen LogP contribution in [0.2, 0.25) is 0 Å². The molecule has 0 amide bonds. The maximum Gasteiger partial charge on any atom is 0.306 e. The zero-order valence-corrected chi connectivity index (χ0v) is 50.6. The van der Waals surface area contributed by atoms with Crippen LogP contribution in [-0.2, 0) is 28.6 Å². The van der Waals surface area contributed by atoms with E-state index in [0.717, 1.165) is 83.5 Å². The molecule has 75 heavy (non-hydrogen) atoms. The van der Waals surface area contributed by atoms with Crippen LogP contribution in [0.1, 0.15) is 367 Å². The summed E-state index contributed by atoms with van der Waals surface area (Å²) in [7, 11) is 0. The molecule has 0 aromatic rings. The zero-order chi connectivity index (χ0) is 54.3. The molecule has 0 radical (unpaired) electrons. The van der Waals surface area contributed by atoms with E-state index >= 15 is 0 Å². The molecule has 0 saturated heterocycles. The summed E-state index contributed by atoms with van der Waals surface area (Å²) in [6, 6.07) is 0. The highest BCUT2D eigenvalue weighted by atomic mass is 16.6. The first kappa shape index (κ1) is 72.6. The number of hydrogen-bond donors (Lipinski definition) is 0. The molecule has 1 unspecified atom stereocenters. The van der Waals surface area contributed by atoms with Gasteiger partial charge in [-0.2, -0.15) is 0 Å². The fourth-order valence-corrected chi connectivity index (χ4v) is 10.2. The minimum absolute atomic E-state index is 0.0759. The van der Waals surface area contributed by atoms with Crippen LogP contribution < -0.4 is 0 Å².